The Balaban J connectivity index is 4.87. The van der Waals surface area contributed by atoms with Crippen molar-refractivity contribution in [3.63, 3.8) is 0 Å². The Morgan fingerprint density at radius 1 is 0.492 bits per heavy atom. The van der Waals surface area contributed by atoms with Gasteiger partial charge in [0, 0.05) is 45.6 Å². The molecule has 352 valence electrons. The van der Waals surface area contributed by atoms with Gasteiger partial charge in [0.2, 0.25) is 5.91 Å². The maximum absolute atomic E-state index is 12.9. The van der Waals surface area contributed by atoms with Crippen molar-refractivity contribution in [2.45, 2.75) is 238 Å². The highest BCUT2D eigenvalue weighted by Gasteiger charge is 2.21. The summed E-state index contributed by atoms with van der Waals surface area (Å²) in [7, 11) is 6.15. The zero-order valence-corrected chi connectivity index (χ0v) is 39.9. The lowest BCUT2D eigenvalue weighted by Gasteiger charge is -2.30. The number of esters is 1. The zero-order chi connectivity index (χ0) is 43.8. The van der Waals surface area contributed by atoms with Gasteiger partial charge in [-0.25, -0.2) is 0 Å². The maximum atomic E-state index is 12.9. The van der Waals surface area contributed by atoms with Gasteiger partial charge in [-0.2, -0.15) is 0 Å². The van der Waals surface area contributed by atoms with E-state index in [4.69, 9.17) is 4.74 Å². The van der Waals surface area contributed by atoms with Crippen LogP contribution >= 0.6 is 0 Å². The Bertz CT molecular complexity index is 911. The molecule has 0 fully saturated rings. The molecule has 10 heteroatoms. The third kappa shape index (κ3) is 40.5. The summed E-state index contributed by atoms with van der Waals surface area (Å²) in [5.41, 5.74) is 0. The van der Waals surface area contributed by atoms with Gasteiger partial charge in [0.05, 0.1) is 18.3 Å². The molecule has 1 amide bonds. The fourth-order valence-corrected chi connectivity index (χ4v) is 7.99. The van der Waals surface area contributed by atoms with Gasteiger partial charge in [-0.15, -0.1) is 0 Å². The van der Waals surface area contributed by atoms with Crippen LogP contribution < -0.4 is 5.32 Å². The van der Waals surface area contributed by atoms with Gasteiger partial charge in [-0.05, 0) is 105 Å². The number of amides is 1. The predicted octanol–water partition coefficient (Wildman–Crippen LogP) is 9.66. The Kier molecular flexibility index (Phi) is 41.1. The normalized spacial score (nSPS) is 13.5. The summed E-state index contributed by atoms with van der Waals surface area (Å²) < 4.78 is 6.03. The van der Waals surface area contributed by atoms with E-state index in [9.17, 15) is 24.9 Å². The van der Waals surface area contributed by atoms with Crippen LogP contribution in [0.5, 0.6) is 0 Å². The minimum absolute atomic E-state index is 0.0161. The fraction of sp³-hybridized carbons (Fsp3) is 0.959. The van der Waals surface area contributed by atoms with Crippen LogP contribution in [0.25, 0.3) is 0 Å². The van der Waals surface area contributed by atoms with Gasteiger partial charge in [0.15, 0.2) is 0 Å². The minimum atomic E-state index is -0.622. The summed E-state index contributed by atoms with van der Waals surface area (Å²) in [5, 5.41) is 36.2. The smallest absolute Gasteiger partial charge is 0.306 e. The van der Waals surface area contributed by atoms with Crippen LogP contribution in [0.4, 0.5) is 0 Å². The second kappa shape index (κ2) is 42.0. The van der Waals surface area contributed by atoms with E-state index < -0.39 is 18.3 Å². The number of hydrogen-bond acceptors (Lipinski definition) is 9. The van der Waals surface area contributed by atoms with E-state index in [1.165, 1.54) is 96.3 Å². The molecule has 0 radical (unpaired) electrons. The molecule has 0 bridgehead atoms. The van der Waals surface area contributed by atoms with Gasteiger partial charge < -0.3 is 35.2 Å². The number of carbonyl (C=O) groups is 2. The van der Waals surface area contributed by atoms with E-state index in [-0.39, 0.29) is 18.0 Å². The van der Waals surface area contributed by atoms with Crippen LogP contribution in [0, 0.1) is 0 Å². The first-order chi connectivity index (χ1) is 28.5. The lowest BCUT2D eigenvalue weighted by atomic mass is 10.0. The Morgan fingerprint density at radius 3 is 1.46 bits per heavy atom. The molecule has 0 saturated carbocycles. The van der Waals surface area contributed by atoms with Crippen LogP contribution in [-0.4, -0.2) is 133 Å². The van der Waals surface area contributed by atoms with Gasteiger partial charge in [-0.3, -0.25) is 14.5 Å². The van der Waals surface area contributed by atoms with Crippen molar-refractivity contribution in [3.05, 3.63) is 0 Å². The summed E-state index contributed by atoms with van der Waals surface area (Å²) >= 11 is 0. The molecule has 0 saturated heterocycles. The van der Waals surface area contributed by atoms with Crippen LogP contribution in [0.1, 0.15) is 213 Å². The molecule has 0 aromatic rings. The molecule has 0 aromatic carbocycles. The van der Waals surface area contributed by atoms with Crippen LogP contribution in [0.15, 0.2) is 0 Å². The van der Waals surface area contributed by atoms with Gasteiger partial charge in [0.25, 0.3) is 0 Å². The Hall–Kier alpha value is -1.30. The van der Waals surface area contributed by atoms with Crippen LogP contribution in [-0.2, 0) is 14.3 Å². The van der Waals surface area contributed by atoms with Crippen molar-refractivity contribution in [2.24, 2.45) is 0 Å². The molecular formula is C49H100N4O6. The molecule has 4 N–H and O–H groups in total. The summed E-state index contributed by atoms with van der Waals surface area (Å²) in [5.74, 6) is 0.00443. The van der Waals surface area contributed by atoms with E-state index in [1.807, 2.05) is 11.9 Å². The lowest BCUT2D eigenvalue weighted by Crippen LogP contribution is -2.45. The van der Waals surface area contributed by atoms with Crippen molar-refractivity contribution >= 4 is 11.9 Å². The first-order valence-electron chi connectivity index (χ1n) is 25.1. The number of unbranched alkanes of at least 4 members (excludes halogenated alkanes) is 18. The second-order valence-corrected chi connectivity index (χ2v) is 18.3. The highest BCUT2D eigenvalue weighted by molar-refractivity contribution is 5.75. The largest absolute Gasteiger partial charge is 0.462 e. The topological polar surface area (TPSA) is 126 Å². The fourth-order valence-electron chi connectivity index (χ4n) is 7.99. The van der Waals surface area contributed by atoms with E-state index in [0.29, 0.717) is 71.2 Å². The summed E-state index contributed by atoms with van der Waals surface area (Å²) in [6.45, 7) is 10.8. The van der Waals surface area contributed by atoms with Crippen molar-refractivity contribution in [1.82, 2.24) is 20.0 Å². The molecule has 0 spiro atoms. The third-order valence-electron chi connectivity index (χ3n) is 11.6. The molecule has 3 atom stereocenters. The number of nitrogens with zero attached hydrogens (tertiary/aromatic N) is 3. The average Bonchev–Trinajstić information content (AvgIpc) is 3.18. The van der Waals surface area contributed by atoms with Crippen LogP contribution in [0.3, 0.4) is 0 Å². The van der Waals surface area contributed by atoms with Crippen molar-refractivity contribution in [2.75, 3.05) is 67.0 Å². The molecule has 0 aromatic heterocycles. The quantitative estimate of drug-likeness (QED) is 0.0351. The van der Waals surface area contributed by atoms with Crippen molar-refractivity contribution in [1.29, 1.82) is 0 Å². The monoisotopic (exact) mass is 841 g/mol. The highest BCUT2D eigenvalue weighted by Crippen LogP contribution is 2.19. The number of aliphatic hydroxyl groups is 3. The molecule has 0 aliphatic rings. The third-order valence-corrected chi connectivity index (χ3v) is 11.6. The number of likely N-dealkylation sites (N-methyl/N-ethyl adjacent to an activating group) is 1. The minimum Gasteiger partial charge on any atom is -0.462 e. The lowest BCUT2D eigenvalue weighted by molar-refractivity contribution is -0.150. The molecule has 0 aliphatic heterocycles. The van der Waals surface area contributed by atoms with Crippen molar-refractivity contribution < 1.29 is 29.6 Å². The Labute approximate surface area is 365 Å². The van der Waals surface area contributed by atoms with E-state index >= 15 is 0 Å². The molecule has 0 aliphatic carbocycles. The number of rotatable bonds is 45. The number of nitrogens with one attached hydrogen (secondary N) is 1. The number of aliphatic hydroxyl groups excluding tert-OH is 3. The SMILES string of the molecule is CCCCCCCCCC(=O)NCCCCC(O)CN(CC(O)CCCCC(=O)OC(CCCCCCCC)CCCCCCCC)CC(O)CN(C)CCCN(C)C. The summed E-state index contributed by atoms with van der Waals surface area (Å²) in [6.07, 6.45) is 29.5. The Morgan fingerprint density at radius 2 is 0.932 bits per heavy atom. The standard InChI is InChI=1S/C49H100N4O6/c1-7-10-13-16-19-22-25-35-48(57)50-37-29-28-32-45(55)42-53(43-46(56)40-52(6)39-30-38-51(4)5)41-44(54)31-26-27-36-49(58)59-47(33-23-20-17-14-11-8-2)34-24-21-18-15-12-9-3/h44-47,54-56H,7-43H2,1-6H3,(H,50,57). The first kappa shape index (κ1) is 57.7. The van der Waals surface area contributed by atoms with E-state index in [2.05, 4.69) is 50.0 Å². The number of ether oxygens (including phenoxy) is 1. The van der Waals surface area contributed by atoms with Crippen molar-refractivity contribution in [3.8, 4) is 0 Å². The second-order valence-electron chi connectivity index (χ2n) is 18.3. The van der Waals surface area contributed by atoms with Gasteiger partial charge >= 0.3 is 5.97 Å². The van der Waals surface area contributed by atoms with Gasteiger partial charge in [0.1, 0.15) is 6.10 Å². The summed E-state index contributed by atoms with van der Waals surface area (Å²) in [4.78, 5) is 31.5. The van der Waals surface area contributed by atoms with E-state index in [1.54, 1.807) is 0 Å². The maximum Gasteiger partial charge on any atom is 0.306 e. The first-order valence-corrected chi connectivity index (χ1v) is 25.1. The highest BCUT2D eigenvalue weighted by atomic mass is 16.5. The average molecular weight is 841 g/mol. The molecular weight excluding hydrogens is 741 g/mol. The number of carbonyl (C=O) groups excluding carboxylic acids is 2. The van der Waals surface area contributed by atoms with E-state index in [0.717, 1.165) is 70.9 Å². The summed E-state index contributed by atoms with van der Waals surface area (Å²) in [6, 6.07) is 0. The zero-order valence-electron chi connectivity index (χ0n) is 39.9. The molecule has 10 nitrogen and oxygen atoms in total. The molecule has 59 heavy (non-hydrogen) atoms. The van der Waals surface area contributed by atoms with Crippen LogP contribution in [0.2, 0.25) is 0 Å². The predicted molar refractivity (Wildman–Crippen MR) is 249 cm³/mol. The number of hydrogen-bond donors (Lipinski definition) is 4. The molecule has 0 rings (SSSR count). The molecule has 3 unspecified atom stereocenters. The molecule has 0 heterocycles. The van der Waals surface area contributed by atoms with Gasteiger partial charge in [-0.1, -0.05) is 130 Å².